The Hall–Kier alpha value is -2.68. The molecule has 3 rings (SSSR count). The lowest BCUT2D eigenvalue weighted by molar-refractivity contribution is -0.122. The molecule has 3 amide bonds. The maximum Gasteiger partial charge on any atom is 0.323 e. The van der Waals surface area contributed by atoms with Crippen molar-refractivity contribution in [2.45, 2.75) is 39.0 Å². The minimum Gasteiger partial charge on any atom is -0.441 e. The highest BCUT2D eigenvalue weighted by Crippen LogP contribution is 2.25. The zero-order valence-electron chi connectivity index (χ0n) is 16.3. The van der Waals surface area contributed by atoms with Crippen LogP contribution in [0.3, 0.4) is 0 Å². The van der Waals surface area contributed by atoms with Crippen LogP contribution in [0.1, 0.15) is 50.1 Å². The fourth-order valence-electron chi connectivity index (χ4n) is 2.82. The zero-order chi connectivity index (χ0) is 20.3. The van der Waals surface area contributed by atoms with Crippen LogP contribution in [-0.2, 0) is 10.2 Å². The molecule has 3 heterocycles. The number of nitrogens with one attached hydrogen (secondary N) is 1. The number of oxazole rings is 1. The van der Waals surface area contributed by atoms with Gasteiger partial charge in [-0.25, -0.2) is 14.8 Å². The highest BCUT2D eigenvalue weighted by atomic mass is 32.1. The number of thiazole rings is 1. The van der Waals surface area contributed by atoms with E-state index in [0.29, 0.717) is 37.0 Å². The van der Waals surface area contributed by atoms with Crippen LogP contribution >= 0.6 is 11.3 Å². The summed E-state index contributed by atoms with van der Waals surface area (Å²) in [6, 6.07) is -0.213. The van der Waals surface area contributed by atoms with Crippen molar-refractivity contribution in [1.29, 1.82) is 0 Å². The standard InChI is InChI=1S/C19H25N5O3S/c1-19(2,3)14-11-21-15(27-14)5-4-13-10-22-17(28-13)23-18(26)24-8-6-12(7-9-24)16(20)25/h4-5,10-12H,6-9H2,1-3H3,(H2,20,25)(H,22,23,26)/b5-4+. The number of hydrogen-bond donors (Lipinski definition) is 2. The number of nitrogens with two attached hydrogens (primary N) is 1. The molecule has 2 aromatic heterocycles. The summed E-state index contributed by atoms with van der Waals surface area (Å²) in [7, 11) is 0. The van der Waals surface area contributed by atoms with E-state index in [9.17, 15) is 9.59 Å². The summed E-state index contributed by atoms with van der Waals surface area (Å²) in [6.45, 7) is 7.22. The summed E-state index contributed by atoms with van der Waals surface area (Å²) >= 11 is 1.36. The van der Waals surface area contributed by atoms with Gasteiger partial charge in [0.15, 0.2) is 5.13 Å². The Morgan fingerprint density at radius 1 is 1.25 bits per heavy atom. The minimum absolute atomic E-state index is 0.0903. The number of nitrogens with zero attached hydrogens (tertiary/aromatic N) is 3. The van der Waals surface area contributed by atoms with Crippen molar-refractivity contribution in [3.8, 4) is 0 Å². The van der Waals surface area contributed by atoms with Crippen LogP contribution in [0.15, 0.2) is 16.8 Å². The Morgan fingerprint density at radius 3 is 2.57 bits per heavy atom. The van der Waals surface area contributed by atoms with Gasteiger partial charge in [0.05, 0.1) is 6.20 Å². The van der Waals surface area contributed by atoms with Gasteiger partial charge in [-0.1, -0.05) is 32.1 Å². The lowest BCUT2D eigenvalue weighted by Gasteiger charge is -2.30. The van der Waals surface area contributed by atoms with Gasteiger partial charge in [0.25, 0.3) is 0 Å². The van der Waals surface area contributed by atoms with Crippen LogP contribution in [0.25, 0.3) is 12.2 Å². The van der Waals surface area contributed by atoms with E-state index in [1.807, 2.05) is 6.08 Å². The molecule has 9 heteroatoms. The molecule has 1 saturated heterocycles. The molecule has 0 spiro atoms. The number of likely N-dealkylation sites (tertiary alicyclic amines) is 1. The van der Waals surface area contributed by atoms with Crippen molar-refractivity contribution in [2.24, 2.45) is 11.7 Å². The average molecular weight is 404 g/mol. The molecule has 3 N–H and O–H groups in total. The third-order valence-corrected chi connectivity index (χ3v) is 5.45. The molecule has 2 aromatic rings. The molecule has 1 aliphatic heterocycles. The van der Waals surface area contributed by atoms with E-state index in [2.05, 4.69) is 36.1 Å². The summed E-state index contributed by atoms with van der Waals surface area (Å²) in [6.07, 6.45) is 8.25. The summed E-state index contributed by atoms with van der Waals surface area (Å²) in [5.74, 6) is 0.914. The smallest absolute Gasteiger partial charge is 0.323 e. The fraction of sp³-hybridized carbons (Fsp3) is 0.474. The summed E-state index contributed by atoms with van der Waals surface area (Å²) in [5, 5.41) is 3.32. The lowest BCUT2D eigenvalue weighted by Crippen LogP contribution is -2.43. The van der Waals surface area contributed by atoms with Gasteiger partial charge >= 0.3 is 6.03 Å². The molecule has 0 aromatic carbocycles. The molecule has 0 unspecified atom stereocenters. The van der Waals surface area contributed by atoms with E-state index < -0.39 is 0 Å². The topological polar surface area (TPSA) is 114 Å². The largest absolute Gasteiger partial charge is 0.441 e. The second-order valence-corrected chi connectivity index (χ2v) is 8.87. The van der Waals surface area contributed by atoms with Crippen molar-refractivity contribution >= 4 is 40.6 Å². The second kappa shape index (κ2) is 8.14. The molecular formula is C19H25N5O3S. The molecule has 0 saturated carbocycles. The molecule has 0 radical (unpaired) electrons. The van der Waals surface area contributed by atoms with E-state index in [-0.39, 0.29) is 23.3 Å². The fourth-order valence-corrected chi connectivity index (χ4v) is 3.53. The summed E-state index contributed by atoms with van der Waals surface area (Å²) < 4.78 is 5.72. The summed E-state index contributed by atoms with van der Waals surface area (Å²) in [4.78, 5) is 34.6. The highest BCUT2D eigenvalue weighted by molar-refractivity contribution is 7.16. The molecule has 1 aliphatic rings. The van der Waals surface area contributed by atoms with Crippen LogP contribution in [-0.4, -0.2) is 39.9 Å². The van der Waals surface area contributed by atoms with Crippen LogP contribution in [0.4, 0.5) is 9.93 Å². The van der Waals surface area contributed by atoms with Gasteiger partial charge in [0.1, 0.15) is 5.76 Å². The maximum absolute atomic E-state index is 12.4. The molecule has 1 fully saturated rings. The van der Waals surface area contributed by atoms with Gasteiger partial charge in [0.2, 0.25) is 11.8 Å². The van der Waals surface area contributed by atoms with Gasteiger partial charge in [0, 0.05) is 41.6 Å². The summed E-state index contributed by atoms with van der Waals surface area (Å²) in [5.41, 5.74) is 5.23. The van der Waals surface area contributed by atoms with Gasteiger partial charge in [-0.2, -0.15) is 0 Å². The van der Waals surface area contributed by atoms with Crippen LogP contribution < -0.4 is 11.1 Å². The molecular weight excluding hydrogens is 378 g/mol. The van der Waals surface area contributed by atoms with Crippen LogP contribution in [0, 0.1) is 5.92 Å². The Labute approximate surface area is 167 Å². The number of aromatic nitrogens is 2. The average Bonchev–Trinajstić information content (AvgIpc) is 3.29. The zero-order valence-corrected chi connectivity index (χ0v) is 17.1. The molecule has 0 atom stereocenters. The number of urea groups is 1. The van der Waals surface area contributed by atoms with Crippen molar-refractivity contribution in [3.63, 3.8) is 0 Å². The minimum atomic E-state index is -0.294. The van der Waals surface area contributed by atoms with E-state index in [1.54, 1.807) is 23.4 Å². The number of rotatable bonds is 4. The SMILES string of the molecule is CC(C)(C)c1cnc(/C=C/c2cnc(NC(=O)N3CCC(C(N)=O)CC3)s2)o1. The van der Waals surface area contributed by atoms with E-state index in [0.717, 1.165) is 10.6 Å². The first kappa shape index (κ1) is 20.1. The lowest BCUT2D eigenvalue weighted by atomic mass is 9.94. The Morgan fingerprint density at radius 2 is 1.96 bits per heavy atom. The maximum atomic E-state index is 12.4. The number of primary amides is 1. The highest BCUT2D eigenvalue weighted by Gasteiger charge is 2.26. The number of hydrogen-bond acceptors (Lipinski definition) is 6. The first-order valence-electron chi connectivity index (χ1n) is 9.18. The third-order valence-electron chi connectivity index (χ3n) is 4.57. The van der Waals surface area contributed by atoms with Crippen molar-refractivity contribution < 1.29 is 14.0 Å². The third kappa shape index (κ3) is 4.98. The Bertz CT molecular complexity index is 872. The van der Waals surface area contributed by atoms with Crippen LogP contribution in [0.5, 0.6) is 0 Å². The molecule has 8 nitrogen and oxygen atoms in total. The van der Waals surface area contributed by atoms with E-state index in [1.165, 1.54) is 11.3 Å². The number of carbonyl (C=O) groups excluding carboxylic acids is 2. The molecule has 28 heavy (non-hydrogen) atoms. The van der Waals surface area contributed by atoms with Crippen molar-refractivity contribution in [3.05, 3.63) is 28.9 Å². The predicted molar refractivity (Wildman–Crippen MR) is 109 cm³/mol. The molecule has 0 aliphatic carbocycles. The Balaban J connectivity index is 1.55. The van der Waals surface area contributed by atoms with Crippen LogP contribution in [0.2, 0.25) is 0 Å². The van der Waals surface area contributed by atoms with E-state index >= 15 is 0 Å². The second-order valence-electron chi connectivity index (χ2n) is 7.81. The van der Waals surface area contributed by atoms with Gasteiger partial charge in [-0.05, 0) is 18.9 Å². The monoisotopic (exact) mass is 403 g/mol. The van der Waals surface area contributed by atoms with E-state index in [4.69, 9.17) is 10.2 Å². The first-order chi connectivity index (χ1) is 13.2. The first-order valence-corrected chi connectivity index (χ1v) is 9.99. The number of piperidine rings is 1. The Kier molecular flexibility index (Phi) is 5.83. The van der Waals surface area contributed by atoms with Crippen molar-refractivity contribution in [2.75, 3.05) is 18.4 Å². The number of amides is 3. The van der Waals surface area contributed by atoms with Gasteiger partial charge in [-0.15, -0.1) is 0 Å². The number of anilines is 1. The molecule has 150 valence electrons. The predicted octanol–water partition coefficient (Wildman–Crippen LogP) is 3.33. The van der Waals surface area contributed by atoms with Crippen molar-refractivity contribution in [1.82, 2.24) is 14.9 Å². The number of carbonyl (C=O) groups is 2. The normalized spacial score (nSPS) is 15.9. The van der Waals surface area contributed by atoms with Gasteiger partial charge in [-0.3, -0.25) is 10.1 Å². The quantitative estimate of drug-likeness (QED) is 0.813. The van der Waals surface area contributed by atoms with Gasteiger partial charge < -0.3 is 15.1 Å². The molecule has 0 bridgehead atoms.